The van der Waals surface area contributed by atoms with E-state index in [1.54, 1.807) is 12.1 Å². The van der Waals surface area contributed by atoms with Crippen LogP contribution in [0.4, 0.5) is 0 Å². The maximum Gasteiger partial charge on any atom is 0.254 e. The second kappa shape index (κ2) is 10.4. The number of nitrogens with one attached hydrogen (secondary N) is 1. The molecule has 8 heteroatoms. The summed E-state index contributed by atoms with van der Waals surface area (Å²) in [6, 6.07) is 13.8. The quantitative estimate of drug-likeness (QED) is 0.490. The molecular formula is C21H25BrN4O3. The zero-order chi connectivity index (χ0) is 20.6. The van der Waals surface area contributed by atoms with Crippen LogP contribution in [0, 0.1) is 0 Å². The molecule has 2 N–H and O–H groups in total. The lowest BCUT2D eigenvalue weighted by molar-refractivity contribution is -0.122. The van der Waals surface area contributed by atoms with E-state index in [2.05, 4.69) is 60.5 Å². The monoisotopic (exact) mass is 460 g/mol. The number of carbonyl (C=O) groups is 1. The van der Waals surface area contributed by atoms with Crippen molar-refractivity contribution >= 4 is 28.1 Å². The van der Waals surface area contributed by atoms with Gasteiger partial charge in [0.2, 0.25) is 0 Å². The Bertz CT molecular complexity index is 853. The molecule has 0 spiro atoms. The predicted molar refractivity (Wildman–Crippen MR) is 116 cm³/mol. The zero-order valence-electron chi connectivity index (χ0n) is 16.3. The number of hydrazone groups is 1. The van der Waals surface area contributed by atoms with Gasteiger partial charge in [0.25, 0.3) is 5.91 Å². The van der Waals surface area contributed by atoms with Crippen LogP contribution in [0.25, 0.3) is 0 Å². The molecule has 0 bridgehead atoms. The Hall–Kier alpha value is -2.42. The van der Waals surface area contributed by atoms with Crippen molar-refractivity contribution in [2.45, 2.75) is 6.54 Å². The SMILES string of the molecule is COc1cc(/C=N\NC(=O)CN2CCN(Cc3ccccc3)CC2)cc(Br)c1O. The van der Waals surface area contributed by atoms with Gasteiger partial charge in [-0.15, -0.1) is 0 Å². The number of amides is 1. The Labute approximate surface area is 179 Å². The molecule has 0 atom stereocenters. The van der Waals surface area contributed by atoms with Gasteiger partial charge < -0.3 is 9.84 Å². The van der Waals surface area contributed by atoms with Gasteiger partial charge in [-0.05, 0) is 39.2 Å². The van der Waals surface area contributed by atoms with Crippen LogP contribution in [-0.4, -0.2) is 66.9 Å². The van der Waals surface area contributed by atoms with Crippen molar-refractivity contribution in [3.8, 4) is 11.5 Å². The van der Waals surface area contributed by atoms with Crippen LogP contribution in [0.5, 0.6) is 11.5 Å². The molecule has 0 unspecified atom stereocenters. The van der Waals surface area contributed by atoms with Crippen LogP contribution in [-0.2, 0) is 11.3 Å². The van der Waals surface area contributed by atoms with Crippen LogP contribution in [0.3, 0.4) is 0 Å². The number of phenols is 1. The average Bonchev–Trinajstić information content (AvgIpc) is 2.72. The molecule has 7 nitrogen and oxygen atoms in total. The number of piperazine rings is 1. The van der Waals surface area contributed by atoms with Gasteiger partial charge in [-0.3, -0.25) is 14.6 Å². The number of carbonyl (C=O) groups excluding carboxylic acids is 1. The molecule has 0 aromatic heterocycles. The fourth-order valence-corrected chi connectivity index (χ4v) is 3.65. The van der Waals surface area contributed by atoms with Gasteiger partial charge in [0.15, 0.2) is 11.5 Å². The molecule has 0 saturated carbocycles. The summed E-state index contributed by atoms with van der Waals surface area (Å²) < 4.78 is 5.60. The first-order valence-corrected chi connectivity index (χ1v) is 10.2. The first-order chi connectivity index (χ1) is 14.0. The highest BCUT2D eigenvalue weighted by atomic mass is 79.9. The Kier molecular flexibility index (Phi) is 7.62. The van der Waals surface area contributed by atoms with Crippen LogP contribution >= 0.6 is 15.9 Å². The third-order valence-electron chi connectivity index (χ3n) is 4.75. The fraction of sp³-hybridized carbons (Fsp3) is 0.333. The maximum atomic E-state index is 12.2. The molecule has 1 fully saturated rings. The van der Waals surface area contributed by atoms with Gasteiger partial charge in [-0.2, -0.15) is 5.10 Å². The van der Waals surface area contributed by atoms with Crippen molar-refractivity contribution in [3.05, 3.63) is 58.1 Å². The molecule has 1 heterocycles. The van der Waals surface area contributed by atoms with Gasteiger partial charge in [0.05, 0.1) is 24.3 Å². The Morgan fingerprint density at radius 1 is 1.21 bits per heavy atom. The second-order valence-corrected chi connectivity index (χ2v) is 7.74. The first kappa shape index (κ1) is 21.3. The molecule has 29 heavy (non-hydrogen) atoms. The van der Waals surface area contributed by atoms with E-state index >= 15 is 0 Å². The number of ether oxygens (including phenoxy) is 1. The van der Waals surface area contributed by atoms with E-state index in [0.717, 1.165) is 32.7 Å². The summed E-state index contributed by atoms with van der Waals surface area (Å²) in [6.45, 7) is 4.84. The summed E-state index contributed by atoms with van der Waals surface area (Å²) in [6.07, 6.45) is 1.52. The summed E-state index contributed by atoms with van der Waals surface area (Å²) in [4.78, 5) is 16.7. The van der Waals surface area contributed by atoms with Crippen molar-refractivity contribution in [2.75, 3.05) is 39.8 Å². The van der Waals surface area contributed by atoms with Crippen LogP contribution in [0.1, 0.15) is 11.1 Å². The van der Waals surface area contributed by atoms with Gasteiger partial charge in [-0.25, -0.2) is 5.43 Å². The third-order valence-corrected chi connectivity index (χ3v) is 5.36. The van der Waals surface area contributed by atoms with Gasteiger partial charge in [-0.1, -0.05) is 30.3 Å². The highest BCUT2D eigenvalue weighted by molar-refractivity contribution is 9.10. The van der Waals surface area contributed by atoms with Gasteiger partial charge >= 0.3 is 0 Å². The number of rotatable bonds is 7. The molecular weight excluding hydrogens is 436 g/mol. The molecule has 154 valence electrons. The van der Waals surface area contributed by atoms with E-state index in [0.29, 0.717) is 22.3 Å². The van der Waals surface area contributed by atoms with Crippen molar-refractivity contribution in [1.29, 1.82) is 0 Å². The summed E-state index contributed by atoms with van der Waals surface area (Å²) in [5.74, 6) is 0.211. The Morgan fingerprint density at radius 2 is 1.90 bits per heavy atom. The topological polar surface area (TPSA) is 77.4 Å². The minimum atomic E-state index is -0.150. The molecule has 2 aromatic carbocycles. The second-order valence-electron chi connectivity index (χ2n) is 6.88. The summed E-state index contributed by atoms with van der Waals surface area (Å²) in [5.41, 5.74) is 4.56. The smallest absolute Gasteiger partial charge is 0.254 e. The van der Waals surface area contributed by atoms with Crippen molar-refractivity contribution in [1.82, 2.24) is 15.2 Å². The minimum absolute atomic E-state index is 0.0279. The largest absolute Gasteiger partial charge is 0.503 e. The number of hydrogen-bond acceptors (Lipinski definition) is 6. The first-order valence-electron chi connectivity index (χ1n) is 9.42. The van der Waals surface area contributed by atoms with Crippen LogP contribution in [0.15, 0.2) is 52.0 Å². The van der Waals surface area contributed by atoms with Crippen molar-refractivity contribution in [2.24, 2.45) is 5.10 Å². The molecule has 2 aromatic rings. The maximum absolute atomic E-state index is 12.2. The van der Waals surface area contributed by atoms with E-state index in [-0.39, 0.29) is 11.7 Å². The highest BCUT2D eigenvalue weighted by Crippen LogP contribution is 2.34. The van der Waals surface area contributed by atoms with E-state index in [1.165, 1.54) is 18.9 Å². The van der Waals surface area contributed by atoms with Crippen LogP contribution < -0.4 is 10.2 Å². The highest BCUT2D eigenvalue weighted by Gasteiger charge is 2.18. The predicted octanol–water partition coefficient (Wildman–Crippen LogP) is 2.43. The van der Waals surface area contributed by atoms with Crippen molar-refractivity contribution < 1.29 is 14.6 Å². The number of benzene rings is 2. The lowest BCUT2D eigenvalue weighted by Crippen LogP contribution is -2.48. The van der Waals surface area contributed by atoms with E-state index in [1.807, 2.05) is 6.07 Å². The number of methoxy groups -OCH3 is 1. The van der Waals surface area contributed by atoms with E-state index < -0.39 is 0 Å². The number of halogens is 1. The van der Waals surface area contributed by atoms with Crippen LogP contribution in [0.2, 0.25) is 0 Å². The zero-order valence-corrected chi connectivity index (χ0v) is 17.9. The molecule has 1 saturated heterocycles. The molecule has 1 amide bonds. The Balaban J connectivity index is 1.42. The lowest BCUT2D eigenvalue weighted by Gasteiger charge is -2.34. The summed E-state index contributed by atoms with van der Waals surface area (Å²) >= 11 is 3.26. The number of phenolic OH excluding ortho intramolecular Hbond substituents is 1. The summed E-state index contributed by atoms with van der Waals surface area (Å²) in [5, 5.41) is 13.8. The average molecular weight is 461 g/mol. The Morgan fingerprint density at radius 3 is 2.59 bits per heavy atom. The number of aromatic hydroxyl groups is 1. The molecule has 3 rings (SSSR count). The fourth-order valence-electron chi connectivity index (χ4n) is 3.19. The van der Waals surface area contributed by atoms with E-state index in [9.17, 15) is 9.90 Å². The summed E-state index contributed by atoms with van der Waals surface area (Å²) in [7, 11) is 1.48. The molecule has 0 radical (unpaired) electrons. The lowest BCUT2D eigenvalue weighted by atomic mass is 10.2. The molecule has 0 aliphatic carbocycles. The number of hydrogen-bond donors (Lipinski definition) is 2. The minimum Gasteiger partial charge on any atom is -0.503 e. The van der Waals surface area contributed by atoms with Crippen molar-refractivity contribution in [3.63, 3.8) is 0 Å². The standard InChI is InChI=1S/C21H25BrN4O3/c1-29-19-12-17(11-18(22)21(19)28)13-23-24-20(27)15-26-9-7-25(8-10-26)14-16-5-3-2-4-6-16/h2-6,11-13,28H,7-10,14-15H2,1H3,(H,24,27)/b23-13-. The molecule has 1 aliphatic rings. The third kappa shape index (κ3) is 6.28. The normalized spacial score (nSPS) is 15.5. The van der Waals surface area contributed by atoms with Gasteiger partial charge in [0, 0.05) is 32.7 Å². The number of nitrogens with zero attached hydrogens (tertiary/aromatic N) is 3. The van der Waals surface area contributed by atoms with Gasteiger partial charge in [0.1, 0.15) is 0 Å². The van der Waals surface area contributed by atoms with E-state index in [4.69, 9.17) is 4.74 Å². The molecule has 1 aliphatic heterocycles.